The molecule has 0 aromatic heterocycles. The molecule has 1 aliphatic rings. The van der Waals surface area contributed by atoms with Gasteiger partial charge in [0.2, 0.25) is 0 Å². The molecule has 1 saturated heterocycles. The summed E-state index contributed by atoms with van der Waals surface area (Å²) in [6, 6.07) is 6.72. The Morgan fingerprint density at radius 3 is 2.85 bits per heavy atom. The molecule has 2 unspecified atom stereocenters. The molecule has 1 heterocycles. The molecule has 1 aromatic carbocycles. The summed E-state index contributed by atoms with van der Waals surface area (Å²) >= 11 is 6.35. The Morgan fingerprint density at radius 2 is 2.23 bits per heavy atom. The van der Waals surface area contributed by atoms with Crippen LogP contribution in [0.4, 0.5) is 4.79 Å². The fourth-order valence-corrected chi connectivity index (χ4v) is 3.77. The zero-order valence-corrected chi connectivity index (χ0v) is 16.3. The van der Waals surface area contributed by atoms with Crippen molar-refractivity contribution < 1.29 is 13.2 Å². The predicted octanol–water partition coefficient (Wildman–Crippen LogP) is 3.25. The summed E-state index contributed by atoms with van der Waals surface area (Å²) in [7, 11) is -3.21. The lowest BCUT2D eigenvalue weighted by molar-refractivity contribution is 0.132. The van der Waals surface area contributed by atoms with Crippen molar-refractivity contribution in [3.63, 3.8) is 0 Å². The van der Waals surface area contributed by atoms with Crippen LogP contribution < -0.4 is 5.32 Å². The average molecular weight is 396 g/mol. The van der Waals surface area contributed by atoms with E-state index in [0.29, 0.717) is 23.0 Å². The van der Waals surface area contributed by atoms with Gasteiger partial charge < -0.3 is 10.2 Å². The molecular weight excluding hydrogens is 374 g/mol. The summed E-state index contributed by atoms with van der Waals surface area (Å²) in [4.78, 5) is 14.3. The Bertz CT molecular complexity index is 846. The van der Waals surface area contributed by atoms with Crippen molar-refractivity contribution in [1.82, 2.24) is 10.2 Å². The number of nitrogens with one attached hydrogen (secondary N) is 1. The van der Waals surface area contributed by atoms with Crippen LogP contribution in [0.25, 0.3) is 0 Å². The fourth-order valence-electron chi connectivity index (χ4n) is 3.02. The molecule has 1 fully saturated rings. The lowest BCUT2D eigenvalue weighted by Crippen LogP contribution is -2.46. The van der Waals surface area contributed by atoms with E-state index in [2.05, 4.69) is 18.3 Å². The monoisotopic (exact) mass is 395 g/mol. The van der Waals surface area contributed by atoms with Crippen LogP contribution in [-0.4, -0.2) is 38.7 Å². The molecule has 0 bridgehead atoms. The predicted molar refractivity (Wildman–Crippen MR) is 101 cm³/mol. The van der Waals surface area contributed by atoms with Crippen molar-refractivity contribution in [3.05, 3.63) is 45.8 Å². The van der Waals surface area contributed by atoms with Crippen LogP contribution in [0.1, 0.15) is 36.9 Å². The van der Waals surface area contributed by atoms with E-state index in [4.69, 9.17) is 16.9 Å². The van der Waals surface area contributed by atoms with Crippen molar-refractivity contribution >= 4 is 27.5 Å². The number of hydrogen-bond donors (Lipinski definition) is 1. The van der Waals surface area contributed by atoms with Gasteiger partial charge in [-0.05, 0) is 36.5 Å². The first-order valence-electron chi connectivity index (χ1n) is 8.32. The molecule has 140 valence electrons. The first-order chi connectivity index (χ1) is 12.2. The Kier molecular flexibility index (Phi) is 6.68. The number of urea groups is 1. The van der Waals surface area contributed by atoms with Gasteiger partial charge in [0.1, 0.15) is 0 Å². The number of rotatable bonds is 4. The Morgan fingerprint density at radius 1 is 1.50 bits per heavy atom. The summed E-state index contributed by atoms with van der Waals surface area (Å²) < 4.78 is 22.2. The molecule has 0 spiro atoms. The number of carbonyl (C=O) groups excluding carboxylic acids is 1. The number of piperidine rings is 1. The number of nitrogens with zero attached hydrogens (tertiary/aromatic N) is 2. The van der Waals surface area contributed by atoms with Gasteiger partial charge in [0, 0.05) is 29.8 Å². The van der Waals surface area contributed by atoms with Crippen molar-refractivity contribution in [1.29, 1.82) is 5.26 Å². The minimum atomic E-state index is -3.21. The molecule has 6 nitrogen and oxygen atoms in total. The van der Waals surface area contributed by atoms with Gasteiger partial charge in [0.25, 0.3) is 0 Å². The number of nitriles is 1. The van der Waals surface area contributed by atoms with E-state index in [1.54, 1.807) is 23.1 Å². The lowest BCUT2D eigenvalue weighted by atomic mass is 9.88. The maximum Gasteiger partial charge on any atom is 0.318 e. The molecule has 2 rings (SSSR count). The Hall–Kier alpha value is -2.04. The first-order valence-corrected chi connectivity index (χ1v) is 10.6. The number of likely N-dealkylation sites (tertiary alicyclic amines) is 1. The minimum Gasteiger partial charge on any atom is -0.334 e. The second-order valence-electron chi connectivity index (χ2n) is 6.57. The molecule has 26 heavy (non-hydrogen) atoms. The van der Waals surface area contributed by atoms with Crippen molar-refractivity contribution in [2.75, 3.05) is 19.3 Å². The number of sulfone groups is 1. The third-order valence-corrected chi connectivity index (χ3v) is 5.34. The van der Waals surface area contributed by atoms with Crippen LogP contribution in [0.3, 0.4) is 0 Å². The second-order valence-corrected chi connectivity index (χ2v) is 8.91. The summed E-state index contributed by atoms with van der Waals surface area (Å²) in [5.74, 6) is 0.445. The molecular formula is C18H22ClN3O3S. The normalized spacial score (nSPS) is 20.8. The molecule has 0 aliphatic carbocycles. The highest BCUT2D eigenvalue weighted by Crippen LogP contribution is 2.37. The van der Waals surface area contributed by atoms with E-state index >= 15 is 0 Å². The third-order valence-electron chi connectivity index (χ3n) is 4.33. The number of amides is 2. The van der Waals surface area contributed by atoms with Gasteiger partial charge >= 0.3 is 6.03 Å². The molecule has 2 amide bonds. The first kappa shape index (κ1) is 20.3. The Labute approximate surface area is 159 Å². The standard InChI is InChI=1S/C18H22ClN3O3S/c1-13-6-8-22(18(23)21-7-3-9-26(2,24)25)17(10-13)15-5-4-14(12-20)11-16(15)19/h3-5,9,11,13,17H,6-8,10H2,1-2H3,(H,21,23)/b9-3+. The summed E-state index contributed by atoms with van der Waals surface area (Å²) in [5, 5.41) is 13.3. The van der Waals surface area contributed by atoms with Crippen LogP contribution in [0, 0.1) is 17.2 Å². The van der Waals surface area contributed by atoms with Gasteiger partial charge in [-0.3, -0.25) is 0 Å². The smallest absolute Gasteiger partial charge is 0.318 e. The summed E-state index contributed by atoms with van der Waals surface area (Å²) in [6.45, 7) is 2.85. The highest BCUT2D eigenvalue weighted by molar-refractivity contribution is 7.93. The van der Waals surface area contributed by atoms with Gasteiger partial charge in [0.15, 0.2) is 9.84 Å². The van der Waals surface area contributed by atoms with E-state index in [-0.39, 0.29) is 18.6 Å². The van der Waals surface area contributed by atoms with Crippen LogP contribution >= 0.6 is 11.6 Å². The highest BCUT2D eigenvalue weighted by atomic mass is 35.5. The van der Waals surface area contributed by atoms with E-state index in [1.807, 2.05) is 0 Å². The van der Waals surface area contributed by atoms with Crippen LogP contribution in [0.5, 0.6) is 0 Å². The highest BCUT2D eigenvalue weighted by Gasteiger charge is 2.32. The van der Waals surface area contributed by atoms with E-state index < -0.39 is 9.84 Å². The zero-order valence-electron chi connectivity index (χ0n) is 14.8. The number of hydrogen-bond acceptors (Lipinski definition) is 4. The lowest BCUT2D eigenvalue weighted by Gasteiger charge is -2.39. The number of benzene rings is 1. The third kappa shape index (κ3) is 5.48. The zero-order chi connectivity index (χ0) is 19.3. The fraction of sp³-hybridized carbons (Fsp3) is 0.444. The van der Waals surface area contributed by atoms with Crippen LogP contribution in [0.15, 0.2) is 29.7 Å². The molecule has 1 aliphatic heterocycles. The minimum absolute atomic E-state index is 0.131. The molecule has 1 N–H and O–H groups in total. The summed E-state index contributed by atoms with van der Waals surface area (Å²) in [6.07, 6.45) is 4.17. The maximum absolute atomic E-state index is 12.6. The molecule has 1 aromatic rings. The van der Waals surface area contributed by atoms with Crippen molar-refractivity contribution in [2.24, 2.45) is 5.92 Å². The molecule has 8 heteroatoms. The molecule has 0 radical (unpaired) electrons. The number of halogens is 1. The van der Waals surface area contributed by atoms with Crippen molar-refractivity contribution in [3.8, 4) is 6.07 Å². The quantitative estimate of drug-likeness (QED) is 0.847. The van der Waals surface area contributed by atoms with Gasteiger partial charge in [0.05, 0.1) is 17.7 Å². The van der Waals surface area contributed by atoms with Crippen LogP contribution in [0.2, 0.25) is 5.02 Å². The van der Waals surface area contributed by atoms with E-state index in [0.717, 1.165) is 30.1 Å². The van der Waals surface area contributed by atoms with Crippen LogP contribution in [-0.2, 0) is 9.84 Å². The van der Waals surface area contributed by atoms with E-state index in [9.17, 15) is 13.2 Å². The topological polar surface area (TPSA) is 90.3 Å². The van der Waals surface area contributed by atoms with Gasteiger partial charge in [-0.1, -0.05) is 30.7 Å². The number of carbonyl (C=O) groups is 1. The largest absolute Gasteiger partial charge is 0.334 e. The van der Waals surface area contributed by atoms with E-state index in [1.165, 1.54) is 6.08 Å². The second kappa shape index (κ2) is 8.56. The van der Waals surface area contributed by atoms with Gasteiger partial charge in [-0.25, -0.2) is 13.2 Å². The maximum atomic E-state index is 12.6. The van der Waals surface area contributed by atoms with Gasteiger partial charge in [-0.2, -0.15) is 5.26 Å². The average Bonchev–Trinajstić information content (AvgIpc) is 2.57. The SMILES string of the molecule is CC1CCN(C(=O)NC/C=C/S(C)(=O)=O)C(c2ccc(C#N)cc2Cl)C1. The van der Waals surface area contributed by atoms with Crippen molar-refractivity contribution in [2.45, 2.75) is 25.8 Å². The summed E-state index contributed by atoms with van der Waals surface area (Å²) in [5.41, 5.74) is 1.29. The molecule has 0 saturated carbocycles. The van der Waals surface area contributed by atoms with Gasteiger partial charge in [-0.15, -0.1) is 0 Å². The Balaban J connectivity index is 2.16. The molecule has 2 atom stereocenters.